The minimum Gasteiger partial charge on any atom is -0.397 e. The highest BCUT2D eigenvalue weighted by Crippen LogP contribution is 2.22. The van der Waals surface area contributed by atoms with E-state index in [0.29, 0.717) is 17.1 Å². The van der Waals surface area contributed by atoms with E-state index >= 15 is 0 Å². The fraction of sp³-hybridized carbons (Fsp3) is 0.167. The van der Waals surface area contributed by atoms with E-state index in [-0.39, 0.29) is 11.6 Å². The molecule has 2 aromatic rings. The molecule has 2 rings (SSSR count). The first-order chi connectivity index (χ1) is 8.59. The molecule has 1 amide bonds. The maximum atomic E-state index is 11.9. The van der Waals surface area contributed by atoms with Crippen molar-refractivity contribution < 1.29 is 4.79 Å². The minimum atomic E-state index is -0.266. The lowest BCUT2D eigenvalue weighted by atomic mass is 10.1. The monoisotopic (exact) mass is 264 g/mol. The van der Waals surface area contributed by atoms with Crippen molar-refractivity contribution in [3.05, 3.63) is 47.0 Å². The van der Waals surface area contributed by atoms with E-state index in [1.165, 1.54) is 0 Å². The second-order valence-electron chi connectivity index (χ2n) is 3.84. The lowest BCUT2D eigenvalue weighted by molar-refractivity contribution is 0.0950. The van der Waals surface area contributed by atoms with Crippen molar-refractivity contribution in [1.82, 2.24) is 14.9 Å². The molecule has 1 heterocycles. The van der Waals surface area contributed by atoms with Gasteiger partial charge in [0.25, 0.3) is 5.91 Å². The number of anilines is 1. The average molecular weight is 265 g/mol. The topological polar surface area (TPSA) is 72.9 Å². The number of benzene rings is 1. The Kier molecular flexibility index (Phi) is 3.53. The summed E-state index contributed by atoms with van der Waals surface area (Å²) in [6.07, 6.45) is 3.49. The van der Waals surface area contributed by atoms with Crippen LogP contribution >= 0.6 is 11.6 Å². The Morgan fingerprint density at radius 1 is 1.56 bits per heavy atom. The smallest absolute Gasteiger partial charge is 0.253 e. The molecule has 0 aliphatic carbocycles. The Hall–Kier alpha value is -2.01. The van der Waals surface area contributed by atoms with Crippen LogP contribution in [0.5, 0.6) is 0 Å². The standard InChI is InChI=1S/C12H13ClN4O/c1-17-6-5-15-10(17)7-16-12(18)8-3-2-4-9(13)11(8)14/h2-6H,7,14H2,1H3,(H,16,18). The van der Waals surface area contributed by atoms with E-state index in [1.54, 1.807) is 24.4 Å². The van der Waals surface area contributed by atoms with Crippen molar-refractivity contribution in [3.8, 4) is 0 Å². The summed E-state index contributed by atoms with van der Waals surface area (Å²) in [5, 5.41) is 3.12. The van der Waals surface area contributed by atoms with E-state index in [1.807, 2.05) is 17.8 Å². The number of hydrogen-bond acceptors (Lipinski definition) is 3. The number of carbonyl (C=O) groups excluding carboxylic acids is 1. The Bertz CT molecular complexity index is 579. The summed E-state index contributed by atoms with van der Waals surface area (Å²) in [6, 6.07) is 4.97. The third-order valence-corrected chi connectivity index (χ3v) is 2.96. The number of rotatable bonds is 3. The number of nitrogens with zero attached hydrogens (tertiary/aromatic N) is 2. The summed E-state index contributed by atoms with van der Waals surface area (Å²) in [5.41, 5.74) is 6.41. The van der Waals surface area contributed by atoms with Gasteiger partial charge < -0.3 is 15.6 Å². The van der Waals surface area contributed by atoms with Gasteiger partial charge in [-0.25, -0.2) is 4.98 Å². The predicted octanol–water partition coefficient (Wildman–Crippen LogP) is 1.59. The molecule has 94 valence electrons. The highest BCUT2D eigenvalue weighted by molar-refractivity contribution is 6.33. The fourth-order valence-corrected chi connectivity index (χ4v) is 1.73. The number of halogens is 1. The average Bonchev–Trinajstić information content (AvgIpc) is 2.75. The molecule has 0 spiro atoms. The number of nitrogens with one attached hydrogen (secondary N) is 1. The summed E-state index contributed by atoms with van der Waals surface area (Å²) >= 11 is 5.86. The third-order valence-electron chi connectivity index (χ3n) is 2.63. The first-order valence-electron chi connectivity index (χ1n) is 5.38. The van der Waals surface area contributed by atoms with Crippen LogP contribution in [0.4, 0.5) is 5.69 Å². The van der Waals surface area contributed by atoms with E-state index in [2.05, 4.69) is 10.3 Å². The summed E-state index contributed by atoms with van der Waals surface area (Å²) in [7, 11) is 1.86. The van der Waals surface area contributed by atoms with E-state index in [9.17, 15) is 4.79 Å². The first kappa shape index (κ1) is 12.4. The van der Waals surface area contributed by atoms with E-state index in [0.717, 1.165) is 5.82 Å². The molecule has 0 saturated carbocycles. The number of hydrogen-bond donors (Lipinski definition) is 2. The summed E-state index contributed by atoms with van der Waals surface area (Å²) in [6.45, 7) is 0.342. The normalized spacial score (nSPS) is 10.3. The van der Waals surface area contributed by atoms with Gasteiger partial charge in [0, 0.05) is 19.4 Å². The Balaban J connectivity index is 2.09. The van der Waals surface area contributed by atoms with Crippen LogP contribution in [0.3, 0.4) is 0 Å². The largest absolute Gasteiger partial charge is 0.397 e. The second kappa shape index (κ2) is 5.10. The van der Waals surface area contributed by atoms with Crippen LogP contribution in [0.15, 0.2) is 30.6 Å². The van der Waals surface area contributed by atoms with Crippen LogP contribution in [-0.2, 0) is 13.6 Å². The maximum absolute atomic E-state index is 11.9. The van der Waals surface area contributed by atoms with Gasteiger partial charge in [-0.2, -0.15) is 0 Å². The third kappa shape index (κ3) is 2.46. The molecular formula is C12H13ClN4O. The molecule has 0 radical (unpaired) electrons. The number of aryl methyl sites for hydroxylation is 1. The van der Waals surface area contributed by atoms with Gasteiger partial charge in [0.2, 0.25) is 0 Å². The van der Waals surface area contributed by atoms with Crippen molar-refractivity contribution in [2.75, 3.05) is 5.73 Å². The number of imidazole rings is 1. The molecule has 0 bridgehead atoms. The van der Waals surface area contributed by atoms with E-state index < -0.39 is 0 Å². The van der Waals surface area contributed by atoms with Crippen LogP contribution in [0.25, 0.3) is 0 Å². The number of nitrogen functional groups attached to an aromatic ring is 1. The molecule has 1 aromatic carbocycles. The summed E-state index contributed by atoms with van der Waals surface area (Å²) in [5.74, 6) is 0.502. The van der Waals surface area contributed by atoms with Gasteiger partial charge in [0.1, 0.15) is 5.82 Å². The zero-order valence-electron chi connectivity index (χ0n) is 9.85. The lowest BCUT2D eigenvalue weighted by Crippen LogP contribution is -2.25. The molecule has 0 aliphatic rings. The molecule has 3 N–H and O–H groups in total. The molecule has 0 saturated heterocycles. The number of nitrogens with two attached hydrogens (primary N) is 1. The Morgan fingerprint density at radius 2 is 2.33 bits per heavy atom. The molecule has 0 unspecified atom stereocenters. The van der Waals surface area contributed by atoms with Crippen molar-refractivity contribution in [1.29, 1.82) is 0 Å². The summed E-state index contributed by atoms with van der Waals surface area (Å²) < 4.78 is 1.83. The zero-order chi connectivity index (χ0) is 13.1. The van der Waals surface area contributed by atoms with Crippen LogP contribution in [-0.4, -0.2) is 15.5 Å². The SMILES string of the molecule is Cn1ccnc1CNC(=O)c1cccc(Cl)c1N. The van der Waals surface area contributed by atoms with Crippen LogP contribution in [0.2, 0.25) is 5.02 Å². The molecule has 5 nitrogen and oxygen atoms in total. The van der Waals surface area contributed by atoms with E-state index in [4.69, 9.17) is 17.3 Å². The van der Waals surface area contributed by atoms with Gasteiger partial charge in [0.05, 0.1) is 22.8 Å². The van der Waals surface area contributed by atoms with Gasteiger partial charge in [-0.3, -0.25) is 4.79 Å². The van der Waals surface area contributed by atoms with Crippen molar-refractivity contribution in [3.63, 3.8) is 0 Å². The molecule has 0 atom stereocenters. The predicted molar refractivity (Wildman–Crippen MR) is 70.2 cm³/mol. The highest BCUT2D eigenvalue weighted by Gasteiger charge is 2.11. The van der Waals surface area contributed by atoms with Crippen LogP contribution in [0, 0.1) is 0 Å². The Morgan fingerprint density at radius 3 is 3.00 bits per heavy atom. The zero-order valence-corrected chi connectivity index (χ0v) is 10.6. The van der Waals surface area contributed by atoms with Crippen LogP contribution in [0.1, 0.15) is 16.2 Å². The molecule has 1 aromatic heterocycles. The number of carbonyl (C=O) groups is 1. The number of amides is 1. The van der Waals surface area contributed by atoms with Gasteiger partial charge in [-0.15, -0.1) is 0 Å². The van der Waals surface area contributed by atoms with Gasteiger partial charge in [-0.1, -0.05) is 17.7 Å². The Labute approximate surface area is 110 Å². The second-order valence-corrected chi connectivity index (χ2v) is 4.25. The maximum Gasteiger partial charge on any atom is 0.253 e. The molecule has 18 heavy (non-hydrogen) atoms. The van der Waals surface area contributed by atoms with Gasteiger partial charge in [0.15, 0.2) is 0 Å². The van der Waals surface area contributed by atoms with Gasteiger partial charge in [-0.05, 0) is 12.1 Å². The van der Waals surface area contributed by atoms with Crippen molar-refractivity contribution in [2.45, 2.75) is 6.54 Å². The fourth-order valence-electron chi connectivity index (χ4n) is 1.56. The number of para-hydroxylation sites is 1. The number of aromatic nitrogens is 2. The first-order valence-corrected chi connectivity index (χ1v) is 5.76. The van der Waals surface area contributed by atoms with Gasteiger partial charge >= 0.3 is 0 Å². The molecule has 0 aliphatic heterocycles. The molecule has 0 fully saturated rings. The summed E-state index contributed by atoms with van der Waals surface area (Å²) in [4.78, 5) is 16.0. The van der Waals surface area contributed by atoms with Crippen LogP contribution < -0.4 is 11.1 Å². The quantitative estimate of drug-likeness (QED) is 0.827. The minimum absolute atomic E-state index is 0.266. The molecule has 6 heteroatoms. The lowest BCUT2D eigenvalue weighted by Gasteiger charge is -2.08. The van der Waals surface area contributed by atoms with Crippen molar-refractivity contribution in [2.24, 2.45) is 7.05 Å². The highest BCUT2D eigenvalue weighted by atomic mass is 35.5. The molecular weight excluding hydrogens is 252 g/mol. The van der Waals surface area contributed by atoms with Crippen molar-refractivity contribution >= 4 is 23.2 Å².